The molecular formula is C15H23ClN2O. The zero-order chi connectivity index (χ0) is 14.0. The van der Waals surface area contributed by atoms with Crippen molar-refractivity contribution in [3.8, 4) is 0 Å². The fourth-order valence-electron chi connectivity index (χ4n) is 2.80. The van der Waals surface area contributed by atoms with Gasteiger partial charge in [-0.25, -0.2) is 0 Å². The first kappa shape index (κ1) is 14.8. The van der Waals surface area contributed by atoms with Crippen LogP contribution in [0, 0.1) is 0 Å². The summed E-state index contributed by atoms with van der Waals surface area (Å²) >= 11 is 5.96. The number of hydrogen-bond acceptors (Lipinski definition) is 3. The van der Waals surface area contributed by atoms with Gasteiger partial charge in [0.05, 0.1) is 12.2 Å². The predicted molar refractivity (Wildman–Crippen MR) is 79.4 cm³/mol. The number of nitrogens with two attached hydrogens (primary N) is 1. The van der Waals surface area contributed by atoms with E-state index in [1.165, 1.54) is 5.56 Å². The minimum Gasteiger partial charge on any atom is -0.373 e. The molecule has 0 amide bonds. The molecule has 1 heterocycles. The van der Waals surface area contributed by atoms with E-state index in [0.717, 1.165) is 24.7 Å². The molecule has 0 aliphatic carbocycles. The van der Waals surface area contributed by atoms with E-state index in [0.29, 0.717) is 0 Å². The van der Waals surface area contributed by atoms with Gasteiger partial charge in [-0.1, -0.05) is 23.7 Å². The summed E-state index contributed by atoms with van der Waals surface area (Å²) in [6, 6.07) is 8.27. The van der Waals surface area contributed by atoms with Crippen LogP contribution in [0.2, 0.25) is 5.02 Å². The number of rotatable bonds is 3. The standard InChI is InChI=1S/C15H23ClN2O/c1-11(17)14(12-4-6-13(16)7-5-12)18-8-9-19-15(2,3)10-18/h4-7,11,14H,8-10,17H2,1-3H3. The van der Waals surface area contributed by atoms with E-state index >= 15 is 0 Å². The zero-order valence-electron chi connectivity index (χ0n) is 11.9. The minimum atomic E-state index is -0.113. The lowest BCUT2D eigenvalue weighted by atomic mass is 9.96. The van der Waals surface area contributed by atoms with Gasteiger partial charge in [0.2, 0.25) is 0 Å². The topological polar surface area (TPSA) is 38.5 Å². The third-order valence-corrected chi connectivity index (χ3v) is 3.81. The van der Waals surface area contributed by atoms with Crippen LogP contribution in [0.3, 0.4) is 0 Å². The second-order valence-electron chi connectivity index (χ2n) is 5.93. The van der Waals surface area contributed by atoms with Crippen molar-refractivity contribution in [3.05, 3.63) is 34.9 Å². The predicted octanol–water partition coefficient (Wildman–Crippen LogP) is 2.84. The van der Waals surface area contributed by atoms with Crippen molar-refractivity contribution < 1.29 is 4.74 Å². The van der Waals surface area contributed by atoms with Gasteiger partial charge in [-0.05, 0) is 38.5 Å². The van der Waals surface area contributed by atoms with Crippen molar-refractivity contribution in [2.24, 2.45) is 5.73 Å². The fourth-order valence-corrected chi connectivity index (χ4v) is 2.92. The quantitative estimate of drug-likeness (QED) is 0.926. The molecule has 2 rings (SSSR count). The normalized spacial score (nSPS) is 23.0. The van der Waals surface area contributed by atoms with Gasteiger partial charge in [-0.3, -0.25) is 4.90 Å². The van der Waals surface area contributed by atoms with Crippen LogP contribution in [0.1, 0.15) is 32.4 Å². The number of nitrogens with zero attached hydrogens (tertiary/aromatic N) is 1. The summed E-state index contributed by atoms with van der Waals surface area (Å²) in [6.07, 6.45) is 0. The van der Waals surface area contributed by atoms with Gasteiger partial charge in [-0.2, -0.15) is 0 Å². The second-order valence-corrected chi connectivity index (χ2v) is 6.37. The first-order valence-electron chi connectivity index (χ1n) is 6.78. The van der Waals surface area contributed by atoms with Gasteiger partial charge in [0.1, 0.15) is 0 Å². The maximum Gasteiger partial charge on any atom is 0.0753 e. The van der Waals surface area contributed by atoms with E-state index in [2.05, 4.69) is 37.8 Å². The first-order chi connectivity index (χ1) is 8.89. The van der Waals surface area contributed by atoms with Crippen LogP contribution in [-0.4, -0.2) is 36.2 Å². The SMILES string of the molecule is CC(N)C(c1ccc(Cl)cc1)N1CCOC(C)(C)C1. The molecule has 2 unspecified atom stereocenters. The molecule has 0 bridgehead atoms. The Hall–Kier alpha value is -0.610. The van der Waals surface area contributed by atoms with Crippen molar-refractivity contribution in [1.29, 1.82) is 0 Å². The molecule has 1 fully saturated rings. The van der Waals surface area contributed by atoms with E-state index in [-0.39, 0.29) is 17.7 Å². The van der Waals surface area contributed by atoms with Gasteiger partial charge in [0, 0.05) is 30.2 Å². The molecule has 2 N–H and O–H groups in total. The molecule has 3 nitrogen and oxygen atoms in total. The molecular weight excluding hydrogens is 260 g/mol. The average molecular weight is 283 g/mol. The first-order valence-corrected chi connectivity index (χ1v) is 7.16. The van der Waals surface area contributed by atoms with Crippen LogP contribution >= 0.6 is 11.6 Å². The molecule has 0 saturated carbocycles. The van der Waals surface area contributed by atoms with Crippen LogP contribution in [0.4, 0.5) is 0 Å². The Morgan fingerprint density at radius 2 is 1.95 bits per heavy atom. The highest BCUT2D eigenvalue weighted by Gasteiger charge is 2.33. The summed E-state index contributed by atoms with van der Waals surface area (Å²) in [5.74, 6) is 0. The molecule has 19 heavy (non-hydrogen) atoms. The molecule has 0 radical (unpaired) electrons. The van der Waals surface area contributed by atoms with Crippen LogP contribution in [-0.2, 0) is 4.74 Å². The lowest BCUT2D eigenvalue weighted by Gasteiger charge is -2.43. The Kier molecular flexibility index (Phi) is 4.51. The van der Waals surface area contributed by atoms with Crippen LogP contribution in [0.25, 0.3) is 0 Å². The highest BCUT2D eigenvalue weighted by atomic mass is 35.5. The summed E-state index contributed by atoms with van der Waals surface area (Å²) < 4.78 is 5.78. The molecule has 1 saturated heterocycles. The second kappa shape index (κ2) is 5.80. The Morgan fingerprint density at radius 3 is 2.47 bits per heavy atom. The largest absolute Gasteiger partial charge is 0.373 e. The lowest BCUT2D eigenvalue weighted by molar-refractivity contribution is -0.0995. The molecule has 2 atom stereocenters. The lowest BCUT2D eigenvalue weighted by Crippen LogP contribution is -2.52. The highest BCUT2D eigenvalue weighted by Crippen LogP contribution is 2.29. The van der Waals surface area contributed by atoms with Crippen molar-refractivity contribution in [3.63, 3.8) is 0 Å². The maximum absolute atomic E-state index is 6.21. The minimum absolute atomic E-state index is 0.0649. The smallest absolute Gasteiger partial charge is 0.0753 e. The maximum atomic E-state index is 6.21. The Labute approximate surface area is 120 Å². The monoisotopic (exact) mass is 282 g/mol. The summed E-state index contributed by atoms with van der Waals surface area (Å²) in [7, 11) is 0. The van der Waals surface area contributed by atoms with Crippen molar-refractivity contribution in [1.82, 2.24) is 4.90 Å². The molecule has 1 aliphatic rings. The molecule has 1 aliphatic heterocycles. The van der Waals surface area contributed by atoms with Gasteiger partial charge < -0.3 is 10.5 Å². The third kappa shape index (κ3) is 3.69. The summed E-state index contributed by atoms with van der Waals surface area (Å²) in [6.45, 7) is 8.87. The van der Waals surface area contributed by atoms with Crippen LogP contribution < -0.4 is 5.73 Å². The number of ether oxygens (including phenoxy) is 1. The van der Waals surface area contributed by atoms with Crippen molar-refractivity contribution in [2.75, 3.05) is 19.7 Å². The molecule has 4 heteroatoms. The molecule has 0 aromatic heterocycles. The molecule has 106 valence electrons. The Bertz CT molecular complexity index is 417. The van der Waals surface area contributed by atoms with Crippen LogP contribution in [0.15, 0.2) is 24.3 Å². The number of halogens is 1. The van der Waals surface area contributed by atoms with E-state index in [1.54, 1.807) is 0 Å². The average Bonchev–Trinajstić information content (AvgIpc) is 2.30. The molecule has 1 aromatic carbocycles. The number of benzene rings is 1. The molecule has 0 spiro atoms. The highest BCUT2D eigenvalue weighted by molar-refractivity contribution is 6.30. The van der Waals surface area contributed by atoms with E-state index in [9.17, 15) is 0 Å². The van der Waals surface area contributed by atoms with E-state index in [1.807, 2.05) is 12.1 Å². The van der Waals surface area contributed by atoms with Gasteiger partial charge in [-0.15, -0.1) is 0 Å². The van der Waals surface area contributed by atoms with E-state index < -0.39 is 0 Å². The molecule has 1 aromatic rings. The Balaban J connectivity index is 2.22. The summed E-state index contributed by atoms with van der Waals surface area (Å²) in [5.41, 5.74) is 7.32. The number of hydrogen-bond donors (Lipinski definition) is 1. The third-order valence-electron chi connectivity index (χ3n) is 3.56. The Morgan fingerprint density at radius 1 is 1.32 bits per heavy atom. The van der Waals surface area contributed by atoms with E-state index in [4.69, 9.17) is 22.1 Å². The zero-order valence-corrected chi connectivity index (χ0v) is 12.7. The van der Waals surface area contributed by atoms with Gasteiger partial charge >= 0.3 is 0 Å². The number of morpholine rings is 1. The fraction of sp³-hybridized carbons (Fsp3) is 0.600. The summed E-state index contributed by atoms with van der Waals surface area (Å²) in [4.78, 5) is 2.41. The van der Waals surface area contributed by atoms with Crippen molar-refractivity contribution in [2.45, 2.75) is 38.5 Å². The summed E-state index contributed by atoms with van der Waals surface area (Å²) in [5, 5.41) is 0.759. The van der Waals surface area contributed by atoms with Gasteiger partial charge in [0.25, 0.3) is 0 Å². The van der Waals surface area contributed by atoms with Gasteiger partial charge in [0.15, 0.2) is 0 Å². The van der Waals surface area contributed by atoms with Crippen LogP contribution in [0.5, 0.6) is 0 Å². The van der Waals surface area contributed by atoms with Crippen molar-refractivity contribution >= 4 is 11.6 Å².